The van der Waals surface area contributed by atoms with Crippen LogP contribution in [0.3, 0.4) is 0 Å². The summed E-state index contributed by atoms with van der Waals surface area (Å²) in [4.78, 5) is 0. The summed E-state index contributed by atoms with van der Waals surface area (Å²) < 4.78 is 8.66. The molecular formula is C13H21BrN2O2S. The van der Waals surface area contributed by atoms with Gasteiger partial charge in [-0.3, -0.25) is 4.68 Å². The van der Waals surface area contributed by atoms with Crippen LogP contribution in [0.1, 0.15) is 25.2 Å². The van der Waals surface area contributed by atoms with Gasteiger partial charge in [0.25, 0.3) is 0 Å². The van der Waals surface area contributed by atoms with Crippen molar-refractivity contribution in [1.82, 2.24) is 9.78 Å². The Bertz CT molecular complexity index is 419. The number of ether oxygens (including phenoxy) is 1. The molecule has 0 aliphatic carbocycles. The van der Waals surface area contributed by atoms with E-state index < -0.39 is 6.10 Å². The fraction of sp³-hybridized carbons (Fsp3) is 0.769. The lowest BCUT2D eigenvalue weighted by molar-refractivity contribution is -0.0216. The molecule has 1 aromatic rings. The van der Waals surface area contributed by atoms with Crippen molar-refractivity contribution in [2.45, 2.75) is 45.4 Å². The molecule has 2 atom stereocenters. The Morgan fingerprint density at radius 2 is 2.37 bits per heavy atom. The predicted molar refractivity (Wildman–Crippen MR) is 81.8 cm³/mol. The Hall–Kier alpha value is -0.0400. The lowest BCUT2D eigenvalue weighted by atomic mass is 10.1. The molecule has 0 radical (unpaired) electrons. The summed E-state index contributed by atoms with van der Waals surface area (Å²) >= 11 is 5.46. The third-order valence-electron chi connectivity index (χ3n) is 3.37. The van der Waals surface area contributed by atoms with E-state index in [0.717, 1.165) is 46.9 Å². The first-order valence-corrected chi connectivity index (χ1v) is 8.73. The van der Waals surface area contributed by atoms with Crippen molar-refractivity contribution >= 4 is 27.7 Å². The third-order valence-corrected chi connectivity index (χ3v) is 5.30. The fourth-order valence-electron chi connectivity index (χ4n) is 2.27. The third kappa shape index (κ3) is 3.54. The van der Waals surface area contributed by atoms with E-state index in [-0.39, 0.29) is 6.10 Å². The van der Waals surface area contributed by atoms with Crippen molar-refractivity contribution in [3.05, 3.63) is 15.9 Å². The van der Waals surface area contributed by atoms with Gasteiger partial charge in [-0.1, -0.05) is 6.92 Å². The van der Waals surface area contributed by atoms with E-state index in [1.807, 2.05) is 16.4 Å². The van der Waals surface area contributed by atoms with Gasteiger partial charge in [0.1, 0.15) is 0 Å². The van der Waals surface area contributed by atoms with Crippen LogP contribution >= 0.6 is 27.7 Å². The van der Waals surface area contributed by atoms with Gasteiger partial charge in [-0.2, -0.15) is 16.9 Å². The van der Waals surface area contributed by atoms with E-state index >= 15 is 0 Å². The maximum Gasteiger partial charge on any atom is 0.0928 e. The summed E-state index contributed by atoms with van der Waals surface area (Å²) in [5.41, 5.74) is 2.13. The number of aliphatic hydroxyl groups is 1. The van der Waals surface area contributed by atoms with Crippen LogP contribution in [0.2, 0.25) is 0 Å². The van der Waals surface area contributed by atoms with Gasteiger partial charge >= 0.3 is 0 Å². The lowest BCUT2D eigenvalue weighted by Crippen LogP contribution is -2.37. The molecule has 1 aliphatic heterocycles. The summed E-state index contributed by atoms with van der Waals surface area (Å²) in [7, 11) is 0. The average Bonchev–Trinajstić information content (AvgIpc) is 2.76. The van der Waals surface area contributed by atoms with Crippen LogP contribution < -0.4 is 0 Å². The normalized spacial score (nSPS) is 21.6. The van der Waals surface area contributed by atoms with Crippen LogP contribution in [0.4, 0.5) is 0 Å². The minimum atomic E-state index is -0.462. The lowest BCUT2D eigenvalue weighted by Gasteiger charge is -2.27. The van der Waals surface area contributed by atoms with Crippen molar-refractivity contribution in [3.63, 3.8) is 0 Å². The molecule has 2 rings (SSSR count). The molecule has 0 bridgehead atoms. The maximum atomic E-state index is 10.4. The van der Waals surface area contributed by atoms with E-state index in [1.165, 1.54) is 0 Å². The number of aryl methyl sites for hydroxylation is 2. The number of aliphatic hydroxyl groups excluding tert-OH is 1. The Morgan fingerprint density at radius 1 is 1.58 bits per heavy atom. The van der Waals surface area contributed by atoms with Gasteiger partial charge in [0, 0.05) is 24.5 Å². The number of nitrogens with zero attached hydrogens (tertiary/aromatic N) is 2. The fourth-order valence-corrected chi connectivity index (χ4v) is 3.93. The smallest absolute Gasteiger partial charge is 0.0928 e. The van der Waals surface area contributed by atoms with Gasteiger partial charge in [-0.25, -0.2) is 0 Å². The molecule has 0 aromatic carbocycles. The first-order chi connectivity index (χ1) is 9.17. The first kappa shape index (κ1) is 15.4. The minimum absolute atomic E-state index is 0.0593. The topological polar surface area (TPSA) is 47.3 Å². The summed E-state index contributed by atoms with van der Waals surface area (Å²) in [6.45, 7) is 5.72. The van der Waals surface area contributed by atoms with Crippen molar-refractivity contribution in [2.75, 3.05) is 18.1 Å². The number of hydrogen-bond acceptors (Lipinski definition) is 4. The Balaban J connectivity index is 2.10. The molecule has 1 saturated heterocycles. The van der Waals surface area contributed by atoms with Crippen LogP contribution in [-0.2, 0) is 24.1 Å². The highest BCUT2D eigenvalue weighted by atomic mass is 79.9. The van der Waals surface area contributed by atoms with Gasteiger partial charge in [0.2, 0.25) is 0 Å². The van der Waals surface area contributed by atoms with Crippen LogP contribution in [0, 0.1) is 0 Å². The van der Waals surface area contributed by atoms with E-state index in [1.54, 1.807) is 0 Å². The molecule has 6 heteroatoms. The molecule has 1 fully saturated rings. The Labute approximate surface area is 127 Å². The number of halogens is 1. The van der Waals surface area contributed by atoms with E-state index in [4.69, 9.17) is 4.74 Å². The molecule has 19 heavy (non-hydrogen) atoms. The van der Waals surface area contributed by atoms with Crippen LogP contribution in [0.5, 0.6) is 0 Å². The zero-order chi connectivity index (χ0) is 13.8. The Kier molecular flexibility index (Phi) is 5.74. The molecule has 0 amide bonds. The molecule has 1 aromatic heterocycles. The molecule has 0 spiro atoms. The summed E-state index contributed by atoms with van der Waals surface area (Å²) in [6, 6.07) is 0. The highest BCUT2D eigenvalue weighted by Gasteiger charge is 2.26. The van der Waals surface area contributed by atoms with Crippen molar-refractivity contribution in [1.29, 1.82) is 0 Å². The SMILES string of the molecule is CCc1nn(CC)c(CC(O)C2CSCCO2)c1Br. The van der Waals surface area contributed by atoms with Gasteiger partial charge < -0.3 is 9.84 Å². The second-order valence-corrected chi connectivity index (χ2v) is 6.58. The summed E-state index contributed by atoms with van der Waals surface area (Å²) in [5, 5.41) is 14.9. The zero-order valence-corrected chi connectivity index (χ0v) is 13.8. The van der Waals surface area contributed by atoms with Crippen LogP contribution in [-0.4, -0.2) is 45.2 Å². The number of hydrogen-bond donors (Lipinski definition) is 1. The summed E-state index contributed by atoms with van der Waals surface area (Å²) in [6.07, 6.45) is 0.964. The quantitative estimate of drug-likeness (QED) is 0.886. The largest absolute Gasteiger partial charge is 0.390 e. The average molecular weight is 349 g/mol. The van der Waals surface area contributed by atoms with Gasteiger partial charge in [-0.15, -0.1) is 0 Å². The van der Waals surface area contributed by atoms with Gasteiger partial charge in [-0.05, 0) is 29.3 Å². The highest BCUT2D eigenvalue weighted by molar-refractivity contribution is 9.10. The highest BCUT2D eigenvalue weighted by Crippen LogP contribution is 2.25. The standard InChI is InChI=1S/C13H21BrN2O2S/c1-3-9-13(14)10(16(4-2)15-9)7-11(17)12-8-19-6-5-18-12/h11-12,17H,3-8H2,1-2H3. The second-order valence-electron chi connectivity index (χ2n) is 4.63. The molecule has 2 heterocycles. The first-order valence-electron chi connectivity index (χ1n) is 6.78. The van der Waals surface area contributed by atoms with Crippen molar-refractivity contribution < 1.29 is 9.84 Å². The Morgan fingerprint density at radius 3 is 2.95 bits per heavy atom. The van der Waals surface area contributed by atoms with E-state index in [2.05, 4.69) is 34.9 Å². The molecular weight excluding hydrogens is 328 g/mol. The monoisotopic (exact) mass is 348 g/mol. The molecule has 108 valence electrons. The minimum Gasteiger partial charge on any atom is -0.390 e. The molecule has 2 unspecified atom stereocenters. The molecule has 1 aliphatic rings. The summed E-state index contributed by atoms with van der Waals surface area (Å²) in [5.74, 6) is 1.90. The van der Waals surface area contributed by atoms with Crippen LogP contribution in [0.15, 0.2) is 4.47 Å². The van der Waals surface area contributed by atoms with Crippen molar-refractivity contribution in [2.24, 2.45) is 0 Å². The molecule has 1 N–H and O–H groups in total. The zero-order valence-electron chi connectivity index (χ0n) is 11.4. The van der Waals surface area contributed by atoms with Gasteiger partial charge in [0.15, 0.2) is 0 Å². The molecule has 0 saturated carbocycles. The molecule has 4 nitrogen and oxygen atoms in total. The van der Waals surface area contributed by atoms with E-state index in [9.17, 15) is 5.11 Å². The van der Waals surface area contributed by atoms with E-state index in [0.29, 0.717) is 6.42 Å². The van der Waals surface area contributed by atoms with Crippen molar-refractivity contribution in [3.8, 4) is 0 Å². The number of aromatic nitrogens is 2. The number of thioether (sulfide) groups is 1. The predicted octanol–water partition coefficient (Wildman–Crippen LogP) is 2.26. The second kappa shape index (κ2) is 7.11. The number of rotatable bonds is 5. The maximum absolute atomic E-state index is 10.4. The van der Waals surface area contributed by atoms with Gasteiger partial charge in [0.05, 0.1) is 34.7 Å². The van der Waals surface area contributed by atoms with Crippen LogP contribution in [0.25, 0.3) is 0 Å².